The number of nitrogens with zero attached hydrogens (tertiary/aromatic N) is 1. The molecular formula is C9H20N2O. The number of nitrogens with one attached hydrogen (secondary N) is 1. The molecular weight excluding hydrogens is 152 g/mol. The number of hydrogen-bond acceptors (Lipinski definition) is 1. The Morgan fingerprint density at radius 3 is 2.33 bits per heavy atom. The molecule has 0 radical (unpaired) electrons. The first-order valence-electron chi connectivity index (χ1n) is 4.71. The Balaban J connectivity index is 4.04. The van der Waals surface area contributed by atoms with Gasteiger partial charge in [-0.25, -0.2) is 4.79 Å². The van der Waals surface area contributed by atoms with Gasteiger partial charge in [0.15, 0.2) is 0 Å². The fraction of sp³-hybridized carbons (Fsp3) is 0.889. The molecule has 0 saturated heterocycles. The zero-order valence-electron chi connectivity index (χ0n) is 8.55. The number of hydrogen-bond donors (Lipinski definition) is 1. The van der Waals surface area contributed by atoms with Crippen molar-refractivity contribution in [1.29, 1.82) is 0 Å². The van der Waals surface area contributed by atoms with E-state index >= 15 is 0 Å². The summed E-state index contributed by atoms with van der Waals surface area (Å²) in [5.41, 5.74) is 0. The Hall–Kier alpha value is -0.730. The van der Waals surface area contributed by atoms with Gasteiger partial charge in [0.1, 0.15) is 0 Å². The van der Waals surface area contributed by atoms with Gasteiger partial charge in [-0.05, 0) is 27.2 Å². The van der Waals surface area contributed by atoms with Crippen LogP contribution in [0.1, 0.15) is 34.1 Å². The van der Waals surface area contributed by atoms with Gasteiger partial charge in [0.25, 0.3) is 0 Å². The summed E-state index contributed by atoms with van der Waals surface area (Å²) in [7, 11) is 0. The zero-order valence-corrected chi connectivity index (χ0v) is 8.55. The fourth-order valence-corrected chi connectivity index (χ4v) is 1.13. The van der Waals surface area contributed by atoms with Crippen LogP contribution in [-0.4, -0.2) is 30.1 Å². The highest BCUT2D eigenvalue weighted by molar-refractivity contribution is 5.74. The Morgan fingerprint density at radius 1 is 1.42 bits per heavy atom. The van der Waals surface area contributed by atoms with Crippen LogP contribution >= 0.6 is 0 Å². The van der Waals surface area contributed by atoms with Gasteiger partial charge in [0.2, 0.25) is 0 Å². The molecule has 72 valence electrons. The van der Waals surface area contributed by atoms with Crippen molar-refractivity contribution in [3.8, 4) is 0 Å². The van der Waals surface area contributed by atoms with Gasteiger partial charge in [-0.3, -0.25) is 0 Å². The minimum atomic E-state index is 0.0503. The highest BCUT2D eigenvalue weighted by atomic mass is 16.2. The van der Waals surface area contributed by atoms with Crippen molar-refractivity contribution >= 4 is 6.03 Å². The highest BCUT2D eigenvalue weighted by Gasteiger charge is 2.15. The van der Waals surface area contributed by atoms with E-state index in [1.165, 1.54) is 0 Å². The molecule has 2 amide bonds. The van der Waals surface area contributed by atoms with Crippen LogP contribution in [0.25, 0.3) is 0 Å². The fourth-order valence-electron chi connectivity index (χ4n) is 1.13. The molecule has 0 spiro atoms. The number of urea groups is 1. The maximum Gasteiger partial charge on any atom is 0.317 e. The van der Waals surface area contributed by atoms with E-state index in [0.29, 0.717) is 12.6 Å². The molecule has 0 rings (SSSR count). The molecule has 0 aliphatic heterocycles. The van der Waals surface area contributed by atoms with Crippen LogP contribution in [0.15, 0.2) is 0 Å². The Morgan fingerprint density at radius 2 is 2.00 bits per heavy atom. The maximum absolute atomic E-state index is 11.4. The second-order valence-corrected chi connectivity index (χ2v) is 2.88. The monoisotopic (exact) mass is 172 g/mol. The van der Waals surface area contributed by atoms with Gasteiger partial charge >= 0.3 is 6.03 Å². The minimum absolute atomic E-state index is 0.0503. The van der Waals surface area contributed by atoms with Crippen molar-refractivity contribution in [1.82, 2.24) is 10.2 Å². The van der Waals surface area contributed by atoms with E-state index in [9.17, 15) is 4.79 Å². The van der Waals surface area contributed by atoms with E-state index in [2.05, 4.69) is 19.2 Å². The van der Waals surface area contributed by atoms with Gasteiger partial charge < -0.3 is 10.2 Å². The molecule has 0 aromatic carbocycles. The Bertz CT molecular complexity index is 136. The smallest absolute Gasteiger partial charge is 0.317 e. The lowest BCUT2D eigenvalue weighted by molar-refractivity contribution is 0.181. The third-order valence-corrected chi connectivity index (χ3v) is 2.05. The van der Waals surface area contributed by atoms with Crippen LogP contribution < -0.4 is 5.32 Å². The largest absolute Gasteiger partial charge is 0.338 e. The van der Waals surface area contributed by atoms with E-state index in [0.717, 1.165) is 13.0 Å². The second-order valence-electron chi connectivity index (χ2n) is 2.88. The molecule has 0 aromatic heterocycles. The summed E-state index contributed by atoms with van der Waals surface area (Å²) in [6.45, 7) is 9.57. The Kier molecular flexibility index (Phi) is 5.51. The van der Waals surface area contributed by atoms with Crippen molar-refractivity contribution in [3.05, 3.63) is 0 Å². The van der Waals surface area contributed by atoms with E-state index in [1.807, 2.05) is 18.7 Å². The van der Waals surface area contributed by atoms with E-state index in [-0.39, 0.29) is 6.03 Å². The zero-order chi connectivity index (χ0) is 9.56. The first kappa shape index (κ1) is 11.3. The van der Waals surface area contributed by atoms with Crippen molar-refractivity contribution < 1.29 is 4.79 Å². The quantitative estimate of drug-likeness (QED) is 0.689. The summed E-state index contributed by atoms with van der Waals surface area (Å²) in [4.78, 5) is 13.2. The van der Waals surface area contributed by atoms with Crippen molar-refractivity contribution in [3.63, 3.8) is 0 Å². The first-order valence-corrected chi connectivity index (χ1v) is 4.71. The lowest BCUT2D eigenvalue weighted by atomic mass is 10.2. The van der Waals surface area contributed by atoms with Crippen molar-refractivity contribution in [2.75, 3.05) is 13.1 Å². The van der Waals surface area contributed by atoms with E-state index < -0.39 is 0 Å². The first-order chi connectivity index (χ1) is 5.67. The lowest BCUT2D eigenvalue weighted by Gasteiger charge is -2.27. The van der Waals surface area contributed by atoms with Crippen LogP contribution in [0.3, 0.4) is 0 Å². The second kappa shape index (κ2) is 5.86. The van der Waals surface area contributed by atoms with Crippen molar-refractivity contribution in [2.45, 2.75) is 40.2 Å². The average Bonchev–Trinajstić information content (AvgIpc) is 2.06. The molecule has 0 saturated carbocycles. The van der Waals surface area contributed by atoms with Gasteiger partial charge in [-0.1, -0.05) is 6.92 Å². The average molecular weight is 172 g/mol. The molecule has 0 aromatic rings. The molecule has 1 unspecified atom stereocenters. The van der Waals surface area contributed by atoms with Crippen LogP contribution in [-0.2, 0) is 0 Å². The third-order valence-electron chi connectivity index (χ3n) is 2.05. The van der Waals surface area contributed by atoms with Crippen LogP contribution in [0.4, 0.5) is 4.79 Å². The molecule has 1 N–H and O–H groups in total. The number of rotatable bonds is 4. The minimum Gasteiger partial charge on any atom is -0.338 e. The number of carbonyl (C=O) groups is 1. The summed E-state index contributed by atoms with van der Waals surface area (Å²) in [6.07, 6.45) is 1.00. The van der Waals surface area contributed by atoms with Gasteiger partial charge in [-0.2, -0.15) is 0 Å². The van der Waals surface area contributed by atoms with Crippen LogP contribution in [0.2, 0.25) is 0 Å². The topological polar surface area (TPSA) is 32.3 Å². The molecule has 0 fully saturated rings. The lowest BCUT2D eigenvalue weighted by Crippen LogP contribution is -2.44. The predicted octanol–water partition coefficient (Wildman–Crippen LogP) is 1.84. The maximum atomic E-state index is 11.4. The van der Waals surface area contributed by atoms with E-state index in [4.69, 9.17) is 0 Å². The van der Waals surface area contributed by atoms with Gasteiger partial charge in [0.05, 0.1) is 0 Å². The molecule has 0 bridgehead atoms. The van der Waals surface area contributed by atoms with Crippen LogP contribution in [0.5, 0.6) is 0 Å². The molecule has 3 nitrogen and oxygen atoms in total. The van der Waals surface area contributed by atoms with Crippen LogP contribution in [0, 0.1) is 0 Å². The third kappa shape index (κ3) is 3.11. The molecule has 3 heteroatoms. The molecule has 0 aliphatic carbocycles. The normalized spacial score (nSPS) is 12.3. The molecule has 0 aliphatic rings. The number of carbonyl (C=O) groups excluding carboxylic acids is 1. The van der Waals surface area contributed by atoms with Crippen molar-refractivity contribution in [2.24, 2.45) is 0 Å². The highest BCUT2D eigenvalue weighted by Crippen LogP contribution is 2.02. The number of amides is 2. The predicted molar refractivity (Wildman–Crippen MR) is 51.2 cm³/mol. The summed E-state index contributed by atoms with van der Waals surface area (Å²) in [5.74, 6) is 0. The molecule has 1 atom stereocenters. The SMILES string of the molecule is CCNC(=O)N(CC)C(C)CC. The molecule has 0 heterocycles. The summed E-state index contributed by atoms with van der Waals surface area (Å²) >= 11 is 0. The standard InChI is InChI=1S/C9H20N2O/c1-5-8(4)11(7-3)9(12)10-6-2/h8H,5-7H2,1-4H3,(H,10,12). The summed E-state index contributed by atoms with van der Waals surface area (Å²) in [6, 6.07) is 0.385. The molecule has 12 heavy (non-hydrogen) atoms. The van der Waals surface area contributed by atoms with E-state index in [1.54, 1.807) is 0 Å². The Labute approximate surface area is 75.1 Å². The van der Waals surface area contributed by atoms with Gasteiger partial charge in [-0.15, -0.1) is 0 Å². The summed E-state index contributed by atoms with van der Waals surface area (Å²) < 4.78 is 0. The van der Waals surface area contributed by atoms with Gasteiger partial charge in [0, 0.05) is 19.1 Å². The summed E-state index contributed by atoms with van der Waals surface area (Å²) in [5, 5.41) is 2.80.